The minimum atomic E-state index is -0.710. The van der Waals surface area contributed by atoms with Crippen LogP contribution in [0.25, 0.3) is 44.3 Å². The lowest BCUT2D eigenvalue weighted by molar-refractivity contribution is -0.660. The Balaban J connectivity index is 1.59. The van der Waals surface area contributed by atoms with Crippen LogP contribution in [0.4, 0.5) is 0 Å². The van der Waals surface area contributed by atoms with E-state index in [0.29, 0.717) is 11.5 Å². The molecule has 3 nitrogen and oxygen atoms in total. The van der Waals surface area contributed by atoms with Crippen LogP contribution in [0.15, 0.2) is 71.3 Å². The largest absolute Gasteiger partial charge is 0.454 e. The molecule has 0 N–H and O–H groups in total. The fraction of sp³-hybridized carbons (Fsp3) is 0.294. The number of rotatable bonds is 4. The lowest BCUT2D eigenvalue weighted by atomic mass is 9.92. The van der Waals surface area contributed by atoms with Crippen molar-refractivity contribution >= 4 is 21.9 Å². The van der Waals surface area contributed by atoms with Crippen LogP contribution in [0.2, 0.25) is 0 Å². The fourth-order valence-corrected chi connectivity index (χ4v) is 6.01. The molecule has 0 saturated heterocycles. The molecule has 0 atom stereocenters. The van der Waals surface area contributed by atoms with Crippen molar-refractivity contribution < 1.29 is 10.4 Å². The van der Waals surface area contributed by atoms with Gasteiger partial charge in [0.15, 0.2) is 6.20 Å². The van der Waals surface area contributed by atoms with Crippen molar-refractivity contribution in [2.75, 3.05) is 0 Å². The Hall–Kier alpha value is -3.90. The maximum absolute atomic E-state index is 10.0. The number of aromatic nitrogens is 1. The summed E-state index contributed by atoms with van der Waals surface area (Å²) in [5, 5.41) is 12.1. The average Bonchev–Trinajstić information content (AvgIpc) is 3.56. The van der Waals surface area contributed by atoms with Gasteiger partial charge in [-0.05, 0) is 66.0 Å². The summed E-state index contributed by atoms with van der Waals surface area (Å²) in [5.74, 6) is -0.0599. The number of nitrogens with zero attached hydrogens (tertiary/aromatic N) is 2. The summed E-state index contributed by atoms with van der Waals surface area (Å²) in [7, 11) is 2.03. The van der Waals surface area contributed by atoms with E-state index in [-0.39, 0.29) is 0 Å². The van der Waals surface area contributed by atoms with E-state index < -0.39 is 5.89 Å². The highest BCUT2D eigenvalue weighted by molar-refractivity contribution is 6.14. The molecule has 1 aliphatic carbocycles. The SMILES string of the molecule is [2H]C(C)(C)c1cc[n+](C)c(-c2c(C)ccc3c2oc2c(-c4ccc(C5CCCC5)cc4)c(C#N)ccc23)c1. The van der Waals surface area contributed by atoms with E-state index in [1.54, 1.807) is 0 Å². The van der Waals surface area contributed by atoms with Crippen LogP contribution in [0.1, 0.15) is 75.0 Å². The van der Waals surface area contributed by atoms with Crippen molar-refractivity contribution in [2.24, 2.45) is 7.05 Å². The van der Waals surface area contributed by atoms with Crippen molar-refractivity contribution in [2.45, 2.75) is 58.3 Å². The van der Waals surface area contributed by atoms with Crippen LogP contribution < -0.4 is 4.57 Å². The molecule has 2 aromatic heterocycles. The molecule has 1 aliphatic rings. The molecule has 184 valence electrons. The summed E-state index contributed by atoms with van der Waals surface area (Å²) in [4.78, 5) is 0. The van der Waals surface area contributed by atoms with E-state index in [9.17, 15) is 5.26 Å². The Kier molecular flexibility index (Phi) is 5.55. The van der Waals surface area contributed by atoms with Crippen LogP contribution in [0.5, 0.6) is 0 Å². The summed E-state index contributed by atoms with van der Waals surface area (Å²) in [6.07, 6.45) is 7.17. The van der Waals surface area contributed by atoms with E-state index in [2.05, 4.69) is 60.0 Å². The highest BCUT2D eigenvalue weighted by Crippen LogP contribution is 2.42. The first-order valence-corrected chi connectivity index (χ1v) is 13.3. The van der Waals surface area contributed by atoms with Crippen LogP contribution in [-0.2, 0) is 7.05 Å². The maximum atomic E-state index is 10.0. The summed E-state index contributed by atoms with van der Waals surface area (Å²) in [6, 6.07) is 23.5. The second-order valence-electron chi connectivity index (χ2n) is 10.7. The van der Waals surface area contributed by atoms with Gasteiger partial charge in [0, 0.05) is 29.8 Å². The topological polar surface area (TPSA) is 40.8 Å². The molecule has 3 heteroatoms. The minimum Gasteiger partial charge on any atom is -0.454 e. The number of fused-ring (bicyclic) bond motifs is 3. The summed E-state index contributed by atoms with van der Waals surface area (Å²) in [6.45, 7) is 5.92. The van der Waals surface area contributed by atoms with E-state index >= 15 is 0 Å². The van der Waals surface area contributed by atoms with Gasteiger partial charge in [-0.25, -0.2) is 4.57 Å². The van der Waals surface area contributed by atoms with Crippen molar-refractivity contribution in [1.82, 2.24) is 0 Å². The highest BCUT2D eigenvalue weighted by Gasteiger charge is 2.24. The van der Waals surface area contributed by atoms with Crippen LogP contribution in [0, 0.1) is 18.3 Å². The predicted molar refractivity (Wildman–Crippen MR) is 151 cm³/mol. The molecule has 6 rings (SSSR count). The number of pyridine rings is 1. The first-order valence-electron chi connectivity index (χ1n) is 13.8. The number of nitriles is 1. The van der Waals surface area contributed by atoms with Gasteiger partial charge in [0.2, 0.25) is 5.69 Å². The molecule has 1 fully saturated rings. The highest BCUT2D eigenvalue weighted by atomic mass is 16.3. The first-order chi connectivity index (χ1) is 18.3. The molecule has 1 saturated carbocycles. The zero-order chi connectivity index (χ0) is 26.6. The van der Waals surface area contributed by atoms with Crippen molar-refractivity contribution in [1.29, 1.82) is 5.26 Å². The van der Waals surface area contributed by atoms with Gasteiger partial charge in [-0.2, -0.15) is 5.26 Å². The molecular formula is C34H33N2O+. The Morgan fingerprint density at radius 3 is 2.30 bits per heavy atom. The lowest BCUT2D eigenvalue weighted by Gasteiger charge is -2.11. The average molecular weight is 487 g/mol. The van der Waals surface area contributed by atoms with Crippen LogP contribution >= 0.6 is 0 Å². The molecule has 0 unspecified atom stereocenters. The number of furan rings is 1. The molecule has 3 aromatic carbocycles. The molecule has 2 heterocycles. The van der Waals surface area contributed by atoms with Crippen molar-refractivity contribution in [3.05, 3.63) is 89.1 Å². The normalized spacial score (nSPS) is 14.8. The Labute approximate surface area is 220 Å². The van der Waals surface area contributed by atoms with Gasteiger partial charge in [0.05, 0.1) is 17.2 Å². The zero-order valence-corrected chi connectivity index (χ0v) is 22.1. The molecular weight excluding hydrogens is 452 g/mol. The van der Waals surface area contributed by atoms with Gasteiger partial charge in [-0.15, -0.1) is 0 Å². The quantitative estimate of drug-likeness (QED) is 0.238. The third kappa shape index (κ3) is 3.92. The lowest BCUT2D eigenvalue weighted by Crippen LogP contribution is -2.31. The predicted octanol–water partition coefficient (Wildman–Crippen LogP) is 8.71. The van der Waals surface area contributed by atoms with Crippen LogP contribution in [0.3, 0.4) is 0 Å². The minimum absolute atomic E-state index is 0.618. The van der Waals surface area contributed by atoms with Crippen molar-refractivity contribution in [3.8, 4) is 28.5 Å². The van der Waals surface area contributed by atoms with Gasteiger partial charge in [0.25, 0.3) is 0 Å². The molecule has 37 heavy (non-hydrogen) atoms. The summed E-state index contributed by atoms with van der Waals surface area (Å²) < 4.78 is 17.4. The monoisotopic (exact) mass is 486 g/mol. The molecule has 0 amide bonds. The van der Waals surface area contributed by atoms with E-state index in [4.69, 9.17) is 5.79 Å². The van der Waals surface area contributed by atoms with Gasteiger partial charge in [0.1, 0.15) is 18.2 Å². The van der Waals surface area contributed by atoms with Gasteiger partial charge < -0.3 is 4.42 Å². The molecule has 0 radical (unpaired) electrons. The molecule has 5 aromatic rings. The number of hydrogen-bond acceptors (Lipinski definition) is 2. The Morgan fingerprint density at radius 2 is 1.62 bits per heavy atom. The Bertz CT molecular complexity index is 1730. The van der Waals surface area contributed by atoms with Gasteiger partial charge in [-0.3, -0.25) is 0 Å². The summed E-state index contributed by atoms with van der Waals surface area (Å²) in [5.41, 5.74) is 9.52. The van der Waals surface area contributed by atoms with Crippen LogP contribution in [-0.4, -0.2) is 0 Å². The number of aryl methyl sites for hydroxylation is 2. The maximum Gasteiger partial charge on any atom is 0.216 e. The number of benzene rings is 3. The van der Waals surface area contributed by atoms with Crippen molar-refractivity contribution in [3.63, 3.8) is 0 Å². The van der Waals surface area contributed by atoms with Gasteiger partial charge in [-0.1, -0.05) is 63.1 Å². The standard InChI is InChI=1S/C34H33N2O/c1-21(2)26-17-18-36(4)30(19-26)31-22(3)9-15-28-29-16-14-27(20-35)32(34(29)37-33(28)31)25-12-10-24(11-13-25)23-7-5-6-8-23/h9-19,21,23H,5-8H2,1-4H3/q+1/i21D. The molecule has 0 bridgehead atoms. The third-order valence-electron chi connectivity index (χ3n) is 8.15. The molecule has 0 aliphatic heterocycles. The second kappa shape index (κ2) is 9.20. The zero-order valence-electron chi connectivity index (χ0n) is 23.1. The fourth-order valence-electron chi connectivity index (χ4n) is 6.01. The number of hydrogen-bond donors (Lipinski definition) is 0. The Morgan fingerprint density at radius 1 is 0.946 bits per heavy atom. The summed E-state index contributed by atoms with van der Waals surface area (Å²) >= 11 is 0. The first kappa shape index (κ1) is 22.3. The smallest absolute Gasteiger partial charge is 0.216 e. The van der Waals surface area contributed by atoms with Gasteiger partial charge >= 0.3 is 0 Å². The second-order valence-corrected chi connectivity index (χ2v) is 10.7. The molecule has 0 spiro atoms. The third-order valence-corrected chi connectivity index (χ3v) is 8.15. The van der Waals surface area contributed by atoms with E-state index in [1.165, 1.54) is 31.2 Å². The van der Waals surface area contributed by atoms with E-state index in [1.807, 2.05) is 45.3 Å². The van der Waals surface area contributed by atoms with E-state index in [0.717, 1.165) is 55.4 Å².